The number of methoxy groups -OCH3 is 2. The van der Waals surface area contributed by atoms with Crippen molar-refractivity contribution in [1.29, 1.82) is 0 Å². The lowest BCUT2D eigenvalue weighted by Crippen LogP contribution is -2.46. The molecule has 2 aromatic rings. The quantitative estimate of drug-likeness (QED) is 0.478. The molecule has 0 spiro atoms. The first-order valence-corrected chi connectivity index (χ1v) is 11.7. The van der Waals surface area contributed by atoms with E-state index in [9.17, 15) is 19.7 Å². The third-order valence-electron chi connectivity index (χ3n) is 6.65. The summed E-state index contributed by atoms with van der Waals surface area (Å²) in [6, 6.07) is 8.06. The average Bonchev–Trinajstić information content (AvgIpc) is 2.87. The minimum Gasteiger partial charge on any atom is -0.493 e. The maximum atomic E-state index is 13.7. The molecule has 1 heterocycles. The number of fused-ring (bicyclic) bond motifs is 1. The van der Waals surface area contributed by atoms with E-state index in [1.807, 2.05) is 13.0 Å². The smallest absolute Gasteiger partial charge is 0.269 e. The number of nitro benzene ring substituents is 1. The number of nitrogens with one attached hydrogen (secondary N) is 1. The number of hydrogen-bond donors (Lipinski definition) is 1. The van der Waals surface area contributed by atoms with Crippen molar-refractivity contribution in [3.05, 3.63) is 69.4 Å². The van der Waals surface area contributed by atoms with E-state index < -0.39 is 16.9 Å². The van der Waals surface area contributed by atoms with E-state index in [2.05, 4.69) is 5.32 Å². The summed E-state index contributed by atoms with van der Waals surface area (Å²) in [6.07, 6.45) is 6.74. The average molecular weight is 480 g/mol. The van der Waals surface area contributed by atoms with Gasteiger partial charge < -0.3 is 14.8 Å². The summed E-state index contributed by atoms with van der Waals surface area (Å²) in [5, 5.41) is 14.2. The Morgan fingerprint density at radius 2 is 1.66 bits per heavy atom. The van der Waals surface area contributed by atoms with Gasteiger partial charge in [-0.1, -0.05) is 19.3 Å². The Kier molecular flexibility index (Phi) is 7.04. The van der Waals surface area contributed by atoms with Crippen LogP contribution in [0.15, 0.2) is 42.6 Å². The van der Waals surface area contributed by atoms with Crippen LogP contribution >= 0.6 is 0 Å². The third-order valence-corrected chi connectivity index (χ3v) is 6.65. The van der Waals surface area contributed by atoms with E-state index in [1.165, 1.54) is 36.3 Å². The Balaban J connectivity index is 1.76. The zero-order valence-corrected chi connectivity index (χ0v) is 20.1. The highest BCUT2D eigenvalue weighted by Gasteiger charge is 2.38. The van der Waals surface area contributed by atoms with Gasteiger partial charge in [-0.25, -0.2) is 0 Å². The minimum absolute atomic E-state index is 0.0585. The first kappa shape index (κ1) is 24.3. The SMILES string of the molecule is COc1cc2c(cc1OC)C(C(=O)NC1CCCCC1)N(C(=O)c1ccc([N+](=O)[O-])cc1)C=C2C. The highest BCUT2D eigenvalue weighted by Crippen LogP contribution is 2.42. The Bertz CT molecular complexity index is 1170. The van der Waals surface area contributed by atoms with Gasteiger partial charge in [0.2, 0.25) is 5.91 Å². The van der Waals surface area contributed by atoms with E-state index in [0.29, 0.717) is 17.1 Å². The number of allylic oxidation sites excluding steroid dienone is 1. The van der Waals surface area contributed by atoms with Crippen LogP contribution in [-0.2, 0) is 4.79 Å². The molecule has 1 aliphatic carbocycles. The molecule has 4 rings (SSSR count). The standard InChI is InChI=1S/C26H29N3O6/c1-16-15-28(26(31)17-9-11-19(12-10-17)29(32)33)24(25(30)27-18-7-5-4-6-8-18)21-14-23(35-3)22(34-2)13-20(16)21/h9-15,18,24H,4-8H2,1-3H3,(H,27,30). The van der Waals surface area contributed by atoms with Gasteiger partial charge in [-0.3, -0.25) is 24.6 Å². The summed E-state index contributed by atoms with van der Waals surface area (Å²) in [6.45, 7) is 1.86. The molecule has 9 nitrogen and oxygen atoms in total. The van der Waals surface area contributed by atoms with Gasteiger partial charge in [0.1, 0.15) is 6.04 Å². The summed E-state index contributed by atoms with van der Waals surface area (Å²) in [5.74, 6) is 0.285. The second kappa shape index (κ2) is 10.2. The first-order valence-electron chi connectivity index (χ1n) is 11.7. The van der Waals surface area contributed by atoms with Gasteiger partial charge >= 0.3 is 0 Å². The zero-order chi connectivity index (χ0) is 25.1. The van der Waals surface area contributed by atoms with Crippen molar-refractivity contribution >= 4 is 23.1 Å². The Labute approximate surface area is 203 Å². The molecular weight excluding hydrogens is 450 g/mol. The lowest BCUT2D eigenvalue weighted by Gasteiger charge is -2.36. The van der Waals surface area contributed by atoms with Gasteiger partial charge in [0.15, 0.2) is 11.5 Å². The van der Waals surface area contributed by atoms with E-state index >= 15 is 0 Å². The molecule has 1 saturated carbocycles. The molecule has 2 aromatic carbocycles. The number of benzene rings is 2. The fourth-order valence-electron chi connectivity index (χ4n) is 4.81. The molecule has 0 aromatic heterocycles. The van der Waals surface area contributed by atoms with Crippen LogP contribution in [0.5, 0.6) is 11.5 Å². The van der Waals surface area contributed by atoms with Gasteiger partial charge in [0.05, 0.1) is 19.1 Å². The van der Waals surface area contributed by atoms with Crippen LogP contribution in [0.4, 0.5) is 5.69 Å². The molecule has 2 amide bonds. The van der Waals surface area contributed by atoms with E-state index in [4.69, 9.17) is 9.47 Å². The second-order valence-electron chi connectivity index (χ2n) is 8.87. The number of carbonyl (C=O) groups is 2. The maximum Gasteiger partial charge on any atom is 0.269 e. The summed E-state index contributed by atoms with van der Waals surface area (Å²) in [7, 11) is 3.07. The Hall–Kier alpha value is -3.88. The lowest BCUT2D eigenvalue weighted by molar-refractivity contribution is -0.384. The van der Waals surface area contributed by atoms with Crippen molar-refractivity contribution in [1.82, 2.24) is 10.2 Å². The van der Waals surface area contributed by atoms with E-state index in [0.717, 1.165) is 43.2 Å². The first-order chi connectivity index (χ1) is 16.8. The number of hydrogen-bond acceptors (Lipinski definition) is 6. The van der Waals surface area contributed by atoms with Crippen molar-refractivity contribution in [3.63, 3.8) is 0 Å². The van der Waals surface area contributed by atoms with Crippen LogP contribution < -0.4 is 14.8 Å². The van der Waals surface area contributed by atoms with Crippen LogP contribution in [-0.4, -0.2) is 41.9 Å². The molecule has 184 valence electrons. The Morgan fingerprint density at radius 1 is 1.03 bits per heavy atom. The second-order valence-corrected chi connectivity index (χ2v) is 8.87. The van der Waals surface area contributed by atoms with Gasteiger partial charge in [-0.2, -0.15) is 0 Å². The molecule has 2 aliphatic rings. The number of amides is 2. The molecule has 9 heteroatoms. The van der Waals surface area contributed by atoms with Crippen LogP contribution in [0.2, 0.25) is 0 Å². The summed E-state index contributed by atoms with van der Waals surface area (Å²) >= 11 is 0. The molecule has 35 heavy (non-hydrogen) atoms. The lowest BCUT2D eigenvalue weighted by atomic mass is 9.89. The normalized spacial score (nSPS) is 17.7. The number of carbonyl (C=O) groups excluding carboxylic acids is 2. The summed E-state index contributed by atoms with van der Waals surface area (Å²) in [4.78, 5) is 39.2. The van der Waals surface area contributed by atoms with Crippen molar-refractivity contribution < 1.29 is 24.0 Å². The van der Waals surface area contributed by atoms with Crippen molar-refractivity contribution in [2.45, 2.75) is 51.1 Å². The number of non-ortho nitro benzene ring substituents is 1. The maximum absolute atomic E-state index is 13.7. The molecule has 1 fully saturated rings. The van der Waals surface area contributed by atoms with Crippen molar-refractivity contribution in [3.8, 4) is 11.5 Å². The molecule has 1 N–H and O–H groups in total. The summed E-state index contributed by atoms with van der Waals surface area (Å²) < 4.78 is 10.9. The molecule has 0 bridgehead atoms. The van der Waals surface area contributed by atoms with Crippen LogP contribution in [0.3, 0.4) is 0 Å². The topological polar surface area (TPSA) is 111 Å². The third kappa shape index (κ3) is 4.84. The Morgan fingerprint density at radius 3 is 2.26 bits per heavy atom. The highest BCUT2D eigenvalue weighted by molar-refractivity contribution is 6.01. The predicted octanol–water partition coefficient (Wildman–Crippen LogP) is 4.62. The fraction of sp³-hybridized carbons (Fsp3) is 0.385. The minimum atomic E-state index is -0.932. The van der Waals surface area contributed by atoms with E-state index in [1.54, 1.807) is 19.4 Å². The number of nitro groups is 1. The van der Waals surface area contributed by atoms with Crippen LogP contribution in [0, 0.1) is 10.1 Å². The van der Waals surface area contributed by atoms with Gasteiger partial charge in [0, 0.05) is 29.9 Å². The van der Waals surface area contributed by atoms with Crippen LogP contribution in [0.1, 0.15) is 66.6 Å². The zero-order valence-electron chi connectivity index (χ0n) is 20.1. The fourth-order valence-corrected chi connectivity index (χ4v) is 4.81. The molecule has 1 unspecified atom stereocenters. The van der Waals surface area contributed by atoms with Gasteiger partial charge in [-0.05, 0) is 60.7 Å². The largest absolute Gasteiger partial charge is 0.493 e. The number of rotatable bonds is 6. The molecular formula is C26H29N3O6. The predicted molar refractivity (Wildman–Crippen MR) is 130 cm³/mol. The number of ether oxygens (including phenoxy) is 2. The molecule has 0 radical (unpaired) electrons. The molecule has 1 aliphatic heterocycles. The molecule has 1 atom stereocenters. The van der Waals surface area contributed by atoms with Crippen molar-refractivity contribution in [2.75, 3.05) is 14.2 Å². The van der Waals surface area contributed by atoms with Crippen molar-refractivity contribution in [2.24, 2.45) is 0 Å². The molecule has 0 saturated heterocycles. The summed E-state index contributed by atoms with van der Waals surface area (Å²) in [5.41, 5.74) is 2.34. The van der Waals surface area contributed by atoms with E-state index in [-0.39, 0.29) is 23.2 Å². The number of nitrogens with zero attached hydrogens (tertiary/aromatic N) is 2. The highest BCUT2D eigenvalue weighted by atomic mass is 16.6. The van der Waals surface area contributed by atoms with Gasteiger partial charge in [-0.15, -0.1) is 0 Å². The van der Waals surface area contributed by atoms with Crippen LogP contribution in [0.25, 0.3) is 5.57 Å². The van der Waals surface area contributed by atoms with Gasteiger partial charge in [0.25, 0.3) is 11.6 Å². The monoisotopic (exact) mass is 479 g/mol.